The summed E-state index contributed by atoms with van der Waals surface area (Å²) in [6, 6.07) is 8.42. The zero-order valence-corrected chi connectivity index (χ0v) is 11.5. The normalized spacial score (nSPS) is 11.2. The highest BCUT2D eigenvalue weighted by Crippen LogP contribution is 2.12. The van der Waals surface area contributed by atoms with Crippen LogP contribution in [0.4, 0.5) is 5.69 Å². The van der Waals surface area contributed by atoms with Crippen molar-refractivity contribution in [3.05, 3.63) is 29.8 Å². The van der Waals surface area contributed by atoms with Crippen LogP contribution in [0.15, 0.2) is 24.3 Å². The molecule has 0 fully saturated rings. The van der Waals surface area contributed by atoms with Crippen molar-refractivity contribution in [2.24, 2.45) is 0 Å². The fraction of sp³-hybridized carbons (Fsp3) is 0.571. The predicted octanol–water partition coefficient (Wildman–Crippen LogP) is 1.90. The lowest BCUT2D eigenvalue weighted by Crippen LogP contribution is -2.32. The first-order valence-corrected chi connectivity index (χ1v) is 6.22. The summed E-state index contributed by atoms with van der Waals surface area (Å²) in [5, 5.41) is 3.48. The summed E-state index contributed by atoms with van der Waals surface area (Å²) < 4.78 is 0. The molecular weight excluding hydrogens is 210 g/mol. The Hall–Kier alpha value is -1.06. The molecule has 0 unspecified atom stereocenters. The SMILES string of the molecule is Cc1ccccc1NCCN(C)CCN(C)C. The van der Waals surface area contributed by atoms with Gasteiger partial charge in [0, 0.05) is 31.9 Å². The molecule has 0 aliphatic rings. The lowest BCUT2D eigenvalue weighted by atomic mass is 10.2. The number of benzene rings is 1. The third kappa shape index (κ3) is 5.71. The van der Waals surface area contributed by atoms with E-state index < -0.39 is 0 Å². The molecule has 17 heavy (non-hydrogen) atoms. The zero-order valence-electron chi connectivity index (χ0n) is 11.5. The average molecular weight is 235 g/mol. The predicted molar refractivity (Wildman–Crippen MR) is 75.7 cm³/mol. The quantitative estimate of drug-likeness (QED) is 0.779. The van der Waals surface area contributed by atoms with Gasteiger partial charge in [0.05, 0.1) is 0 Å². The number of anilines is 1. The van der Waals surface area contributed by atoms with Crippen molar-refractivity contribution in [3.63, 3.8) is 0 Å². The Morgan fingerprint density at radius 2 is 1.71 bits per heavy atom. The zero-order chi connectivity index (χ0) is 12.7. The van der Waals surface area contributed by atoms with Crippen LogP contribution in [0, 0.1) is 6.92 Å². The van der Waals surface area contributed by atoms with Crippen LogP contribution in [-0.4, -0.2) is 57.1 Å². The van der Waals surface area contributed by atoms with Gasteiger partial charge in [0.1, 0.15) is 0 Å². The molecule has 0 aliphatic heterocycles. The van der Waals surface area contributed by atoms with E-state index in [0.29, 0.717) is 0 Å². The summed E-state index contributed by atoms with van der Waals surface area (Å²) in [7, 11) is 6.39. The molecule has 3 heteroatoms. The van der Waals surface area contributed by atoms with Gasteiger partial charge in [-0.25, -0.2) is 0 Å². The number of para-hydroxylation sites is 1. The van der Waals surface area contributed by atoms with E-state index in [2.05, 4.69) is 67.4 Å². The first-order chi connectivity index (χ1) is 8.09. The molecule has 0 saturated carbocycles. The number of nitrogens with zero attached hydrogens (tertiary/aromatic N) is 2. The molecule has 0 heterocycles. The Labute approximate surface area is 105 Å². The monoisotopic (exact) mass is 235 g/mol. The highest BCUT2D eigenvalue weighted by Gasteiger charge is 2.00. The van der Waals surface area contributed by atoms with Crippen molar-refractivity contribution in [2.75, 3.05) is 52.6 Å². The molecule has 0 saturated heterocycles. The number of rotatable bonds is 7. The highest BCUT2D eigenvalue weighted by molar-refractivity contribution is 5.50. The average Bonchev–Trinajstić information content (AvgIpc) is 2.29. The van der Waals surface area contributed by atoms with Gasteiger partial charge in [-0.15, -0.1) is 0 Å². The van der Waals surface area contributed by atoms with Gasteiger partial charge in [0.2, 0.25) is 0 Å². The van der Waals surface area contributed by atoms with Gasteiger partial charge in [0.25, 0.3) is 0 Å². The summed E-state index contributed by atoms with van der Waals surface area (Å²) >= 11 is 0. The van der Waals surface area contributed by atoms with E-state index in [9.17, 15) is 0 Å². The Kier molecular flexibility index (Phi) is 6.01. The summed E-state index contributed by atoms with van der Waals surface area (Å²) in [5.74, 6) is 0. The molecule has 96 valence electrons. The maximum atomic E-state index is 3.48. The van der Waals surface area contributed by atoms with Gasteiger partial charge < -0.3 is 15.1 Å². The van der Waals surface area contributed by atoms with Crippen molar-refractivity contribution in [1.82, 2.24) is 9.80 Å². The Balaban J connectivity index is 2.21. The lowest BCUT2D eigenvalue weighted by molar-refractivity contribution is 0.289. The number of hydrogen-bond donors (Lipinski definition) is 1. The Morgan fingerprint density at radius 3 is 2.35 bits per heavy atom. The molecule has 0 amide bonds. The smallest absolute Gasteiger partial charge is 0.0370 e. The minimum absolute atomic E-state index is 0.995. The van der Waals surface area contributed by atoms with E-state index >= 15 is 0 Å². The second-order valence-electron chi connectivity index (χ2n) is 4.85. The second kappa shape index (κ2) is 7.30. The standard InChI is InChI=1S/C14H25N3/c1-13-7-5-6-8-14(13)15-9-10-17(4)12-11-16(2)3/h5-8,15H,9-12H2,1-4H3. The maximum absolute atomic E-state index is 3.48. The molecule has 0 atom stereocenters. The lowest BCUT2D eigenvalue weighted by Gasteiger charge is -2.20. The molecule has 0 spiro atoms. The molecule has 1 aromatic rings. The topological polar surface area (TPSA) is 18.5 Å². The van der Waals surface area contributed by atoms with E-state index in [0.717, 1.165) is 26.2 Å². The van der Waals surface area contributed by atoms with E-state index in [1.165, 1.54) is 11.3 Å². The van der Waals surface area contributed by atoms with Crippen LogP contribution in [0.1, 0.15) is 5.56 Å². The molecule has 0 aliphatic carbocycles. The van der Waals surface area contributed by atoms with Crippen molar-refractivity contribution >= 4 is 5.69 Å². The molecular formula is C14H25N3. The second-order valence-corrected chi connectivity index (χ2v) is 4.85. The van der Waals surface area contributed by atoms with Crippen molar-refractivity contribution < 1.29 is 0 Å². The van der Waals surface area contributed by atoms with Crippen LogP contribution in [0.25, 0.3) is 0 Å². The van der Waals surface area contributed by atoms with Crippen LogP contribution < -0.4 is 5.32 Å². The van der Waals surface area contributed by atoms with Crippen LogP contribution >= 0.6 is 0 Å². The van der Waals surface area contributed by atoms with Crippen molar-refractivity contribution in [1.29, 1.82) is 0 Å². The molecule has 1 aromatic carbocycles. The fourth-order valence-corrected chi connectivity index (χ4v) is 1.64. The van der Waals surface area contributed by atoms with Gasteiger partial charge in [-0.1, -0.05) is 18.2 Å². The van der Waals surface area contributed by atoms with Gasteiger partial charge in [-0.05, 0) is 39.7 Å². The molecule has 1 rings (SSSR count). The Bertz CT molecular complexity index is 323. The number of aryl methyl sites for hydroxylation is 1. The minimum Gasteiger partial charge on any atom is -0.384 e. The van der Waals surface area contributed by atoms with E-state index in [1.54, 1.807) is 0 Å². The fourth-order valence-electron chi connectivity index (χ4n) is 1.64. The van der Waals surface area contributed by atoms with E-state index in [1.807, 2.05) is 0 Å². The van der Waals surface area contributed by atoms with Gasteiger partial charge in [-0.3, -0.25) is 0 Å². The Morgan fingerprint density at radius 1 is 1.00 bits per heavy atom. The van der Waals surface area contributed by atoms with Gasteiger partial charge in [0.15, 0.2) is 0 Å². The summed E-state index contributed by atoms with van der Waals surface area (Å²) in [6.45, 7) is 6.43. The van der Waals surface area contributed by atoms with E-state index in [-0.39, 0.29) is 0 Å². The molecule has 0 radical (unpaired) electrons. The van der Waals surface area contributed by atoms with E-state index in [4.69, 9.17) is 0 Å². The third-order valence-corrected chi connectivity index (χ3v) is 2.88. The number of nitrogens with one attached hydrogen (secondary N) is 1. The molecule has 3 nitrogen and oxygen atoms in total. The van der Waals surface area contributed by atoms with Gasteiger partial charge >= 0.3 is 0 Å². The molecule has 0 bridgehead atoms. The molecule has 0 aromatic heterocycles. The minimum atomic E-state index is 0.995. The summed E-state index contributed by atoms with van der Waals surface area (Å²) in [5.41, 5.74) is 2.55. The molecule has 1 N–H and O–H groups in total. The maximum Gasteiger partial charge on any atom is 0.0370 e. The van der Waals surface area contributed by atoms with Crippen LogP contribution in [-0.2, 0) is 0 Å². The first kappa shape index (κ1) is 14.0. The van der Waals surface area contributed by atoms with Crippen LogP contribution in [0.5, 0.6) is 0 Å². The number of likely N-dealkylation sites (N-methyl/N-ethyl adjacent to an activating group) is 2. The van der Waals surface area contributed by atoms with Crippen LogP contribution in [0.2, 0.25) is 0 Å². The van der Waals surface area contributed by atoms with Crippen molar-refractivity contribution in [3.8, 4) is 0 Å². The van der Waals surface area contributed by atoms with Gasteiger partial charge in [-0.2, -0.15) is 0 Å². The largest absolute Gasteiger partial charge is 0.384 e. The summed E-state index contributed by atoms with van der Waals surface area (Å²) in [6.07, 6.45) is 0. The third-order valence-electron chi connectivity index (χ3n) is 2.88. The first-order valence-electron chi connectivity index (χ1n) is 6.22. The number of hydrogen-bond acceptors (Lipinski definition) is 3. The van der Waals surface area contributed by atoms with Crippen molar-refractivity contribution in [2.45, 2.75) is 6.92 Å². The van der Waals surface area contributed by atoms with Crippen LogP contribution in [0.3, 0.4) is 0 Å². The summed E-state index contributed by atoms with van der Waals surface area (Å²) in [4.78, 5) is 4.57. The highest BCUT2D eigenvalue weighted by atomic mass is 15.2.